The van der Waals surface area contributed by atoms with Crippen molar-refractivity contribution in [2.45, 2.75) is 13.5 Å². The van der Waals surface area contributed by atoms with Gasteiger partial charge < -0.3 is 11.1 Å². The number of anilines is 2. The van der Waals surface area contributed by atoms with Crippen LogP contribution in [-0.2, 0) is 6.54 Å². The molecule has 0 amide bonds. The average molecular weight is 220 g/mol. The Morgan fingerprint density at radius 2 is 2.40 bits per heavy atom. The van der Waals surface area contributed by atoms with E-state index in [1.807, 2.05) is 25.3 Å². The molecule has 2 aromatic rings. The second-order valence-corrected chi connectivity index (χ2v) is 4.08. The third kappa shape index (κ3) is 2.44. The Morgan fingerprint density at radius 1 is 1.53 bits per heavy atom. The molecular weight excluding hydrogens is 208 g/mol. The topological polar surface area (TPSA) is 63.8 Å². The van der Waals surface area contributed by atoms with E-state index in [4.69, 9.17) is 5.73 Å². The van der Waals surface area contributed by atoms with Gasteiger partial charge in [-0.3, -0.25) is 4.98 Å². The first kappa shape index (κ1) is 9.92. The summed E-state index contributed by atoms with van der Waals surface area (Å²) < 4.78 is 4.00. The number of hydrogen-bond acceptors (Lipinski definition) is 5. The fourth-order valence-corrected chi connectivity index (χ4v) is 1.82. The van der Waals surface area contributed by atoms with Crippen LogP contribution in [0, 0.1) is 6.92 Å². The predicted molar refractivity (Wildman–Crippen MR) is 62.8 cm³/mol. The molecule has 5 heteroatoms. The van der Waals surface area contributed by atoms with Gasteiger partial charge in [-0.1, -0.05) is 0 Å². The third-order valence-electron chi connectivity index (χ3n) is 2.12. The van der Waals surface area contributed by atoms with Crippen LogP contribution in [0.1, 0.15) is 11.1 Å². The zero-order chi connectivity index (χ0) is 10.7. The second kappa shape index (κ2) is 4.27. The van der Waals surface area contributed by atoms with Gasteiger partial charge in [0.1, 0.15) is 10.8 Å². The standard InChI is InChI=1S/C10H12N4S/c1-7-5-12-3-2-8(7)6-13-10-4-9(11)14-15-10/h2-5,13H,6H2,1H3,(H2,11,14). The molecule has 15 heavy (non-hydrogen) atoms. The van der Waals surface area contributed by atoms with Crippen molar-refractivity contribution in [3.05, 3.63) is 35.7 Å². The molecule has 0 aliphatic heterocycles. The van der Waals surface area contributed by atoms with Gasteiger partial charge in [0.25, 0.3) is 0 Å². The predicted octanol–water partition coefficient (Wildman–Crippen LogP) is 2.04. The van der Waals surface area contributed by atoms with Crippen LogP contribution in [0.5, 0.6) is 0 Å². The smallest absolute Gasteiger partial charge is 0.139 e. The summed E-state index contributed by atoms with van der Waals surface area (Å²) in [7, 11) is 0. The van der Waals surface area contributed by atoms with Crippen molar-refractivity contribution in [1.82, 2.24) is 9.36 Å². The molecule has 2 aromatic heterocycles. The van der Waals surface area contributed by atoms with E-state index in [2.05, 4.69) is 14.7 Å². The Labute approximate surface area is 92.3 Å². The summed E-state index contributed by atoms with van der Waals surface area (Å²) in [5.41, 5.74) is 7.94. The number of aryl methyl sites for hydroxylation is 1. The molecule has 0 spiro atoms. The third-order valence-corrected chi connectivity index (χ3v) is 2.88. The summed E-state index contributed by atoms with van der Waals surface area (Å²) in [6.07, 6.45) is 3.66. The van der Waals surface area contributed by atoms with E-state index in [0.29, 0.717) is 5.82 Å². The van der Waals surface area contributed by atoms with Gasteiger partial charge in [-0.2, -0.15) is 4.37 Å². The SMILES string of the molecule is Cc1cnccc1CNc1cc(N)ns1. The van der Waals surface area contributed by atoms with Gasteiger partial charge in [0.2, 0.25) is 0 Å². The Hall–Kier alpha value is -1.62. The van der Waals surface area contributed by atoms with Crippen molar-refractivity contribution in [1.29, 1.82) is 0 Å². The average Bonchev–Trinajstić information content (AvgIpc) is 2.63. The Balaban J connectivity index is 2.02. The molecule has 2 heterocycles. The van der Waals surface area contributed by atoms with E-state index in [9.17, 15) is 0 Å². The van der Waals surface area contributed by atoms with Gasteiger partial charge in [-0.25, -0.2) is 0 Å². The first-order chi connectivity index (χ1) is 7.25. The summed E-state index contributed by atoms with van der Waals surface area (Å²) >= 11 is 1.37. The minimum atomic E-state index is 0.564. The van der Waals surface area contributed by atoms with Crippen LogP contribution in [0.25, 0.3) is 0 Å². The zero-order valence-corrected chi connectivity index (χ0v) is 9.21. The van der Waals surface area contributed by atoms with Gasteiger partial charge >= 0.3 is 0 Å². The summed E-state index contributed by atoms with van der Waals surface area (Å²) in [6.45, 7) is 2.82. The van der Waals surface area contributed by atoms with Crippen molar-refractivity contribution < 1.29 is 0 Å². The minimum absolute atomic E-state index is 0.564. The molecule has 0 unspecified atom stereocenters. The molecule has 0 fully saturated rings. The van der Waals surface area contributed by atoms with Crippen molar-refractivity contribution in [2.24, 2.45) is 0 Å². The van der Waals surface area contributed by atoms with Crippen molar-refractivity contribution in [3.63, 3.8) is 0 Å². The van der Waals surface area contributed by atoms with Crippen LogP contribution < -0.4 is 11.1 Å². The lowest BCUT2D eigenvalue weighted by molar-refractivity contribution is 1.10. The van der Waals surface area contributed by atoms with Crippen molar-refractivity contribution in [2.75, 3.05) is 11.1 Å². The van der Waals surface area contributed by atoms with Crippen LogP contribution in [0.15, 0.2) is 24.5 Å². The highest BCUT2D eigenvalue weighted by atomic mass is 32.1. The lowest BCUT2D eigenvalue weighted by Gasteiger charge is -2.05. The number of pyridine rings is 1. The maximum Gasteiger partial charge on any atom is 0.139 e. The largest absolute Gasteiger partial charge is 0.383 e. The highest BCUT2D eigenvalue weighted by Crippen LogP contribution is 2.18. The Morgan fingerprint density at radius 3 is 3.07 bits per heavy atom. The molecule has 3 N–H and O–H groups in total. The van der Waals surface area contributed by atoms with Gasteiger partial charge in [0.15, 0.2) is 0 Å². The number of nitrogens with zero attached hydrogens (tertiary/aromatic N) is 2. The highest BCUT2D eigenvalue weighted by Gasteiger charge is 2.00. The van der Waals surface area contributed by atoms with Crippen LogP contribution in [0.3, 0.4) is 0 Å². The van der Waals surface area contributed by atoms with Crippen LogP contribution in [-0.4, -0.2) is 9.36 Å². The first-order valence-corrected chi connectivity index (χ1v) is 5.38. The summed E-state index contributed by atoms with van der Waals surface area (Å²) in [5, 5.41) is 4.26. The number of nitrogens with one attached hydrogen (secondary N) is 1. The van der Waals surface area contributed by atoms with Crippen molar-refractivity contribution >= 4 is 22.4 Å². The molecule has 0 aliphatic rings. The molecule has 0 atom stereocenters. The Kier molecular flexibility index (Phi) is 2.82. The van der Waals surface area contributed by atoms with E-state index in [0.717, 1.165) is 11.5 Å². The molecule has 4 nitrogen and oxygen atoms in total. The summed E-state index contributed by atoms with van der Waals surface area (Å²) in [6, 6.07) is 3.84. The van der Waals surface area contributed by atoms with Gasteiger partial charge in [0.05, 0.1) is 0 Å². The maximum atomic E-state index is 5.53. The quantitative estimate of drug-likeness (QED) is 0.830. The van der Waals surface area contributed by atoms with Gasteiger partial charge in [-0.15, -0.1) is 0 Å². The molecule has 0 saturated heterocycles. The van der Waals surface area contributed by atoms with Crippen LogP contribution in [0.2, 0.25) is 0 Å². The first-order valence-electron chi connectivity index (χ1n) is 4.61. The van der Waals surface area contributed by atoms with E-state index in [1.165, 1.54) is 22.7 Å². The zero-order valence-electron chi connectivity index (χ0n) is 8.40. The van der Waals surface area contributed by atoms with Gasteiger partial charge in [-0.05, 0) is 35.6 Å². The summed E-state index contributed by atoms with van der Waals surface area (Å²) in [5.74, 6) is 0.564. The lowest BCUT2D eigenvalue weighted by Crippen LogP contribution is -1.99. The molecule has 2 rings (SSSR count). The van der Waals surface area contributed by atoms with Crippen LogP contribution in [0.4, 0.5) is 10.8 Å². The molecule has 0 saturated carbocycles. The number of hydrogen-bond donors (Lipinski definition) is 2. The van der Waals surface area contributed by atoms with Gasteiger partial charge in [0, 0.05) is 25.0 Å². The fourth-order valence-electron chi connectivity index (χ4n) is 1.26. The molecule has 78 valence electrons. The monoisotopic (exact) mass is 220 g/mol. The summed E-state index contributed by atoms with van der Waals surface area (Å²) in [4.78, 5) is 4.05. The highest BCUT2D eigenvalue weighted by molar-refractivity contribution is 7.10. The molecule has 0 aliphatic carbocycles. The maximum absolute atomic E-state index is 5.53. The molecule has 0 radical (unpaired) electrons. The van der Waals surface area contributed by atoms with E-state index in [1.54, 1.807) is 6.20 Å². The fraction of sp³-hybridized carbons (Fsp3) is 0.200. The van der Waals surface area contributed by atoms with E-state index >= 15 is 0 Å². The lowest BCUT2D eigenvalue weighted by atomic mass is 10.1. The van der Waals surface area contributed by atoms with Crippen molar-refractivity contribution in [3.8, 4) is 0 Å². The second-order valence-electron chi connectivity index (χ2n) is 3.27. The minimum Gasteiger partial charge on any atom is -0.383 e. The molecule has 0 aromatic carbocycles. The van der Waals surface area contributed by atoms with E-state index in [-0.39, 0.29) is 0 Å². The number of aromatic nitrogens is 2. The Bertz CT molecular complexity index is 452. The number of nitrogen functional groups attached to an aromatic ring is 1. The molecule has 0 bridgehead atoms. The number of nitrogens with two attached hydrogens (primary N) is 1. The normalized spacial score (nSPS) is 10.2. The van der Waals surface area contributed by atoms with Crippen LogP contribution >= 0.6 is 11.5 Å². The van der Waals surface area contributed by atoms with E-state index < -0.39 is 0 Å². The number of rotatable bonds is 3. The molecular formula is C10H12N4S.